The van der Waals surface area contributed by atoms with Gasteiger partial charge in [0.1, 0.15) is 0 Å². The predicted molar refractivity (Wildman–Crippen MR) is 52.6 cm³/mol. The van der Waals surface area contributed by atoms with Gasteiger partial charge in [-0.05, 0) is 12.8 Å². The van der Waals surface area contributed by atoms with Crippen LogP contribution in [0.15, 0.2) is 0 Å². The SMILES string of the molecule is N[C@H]1CCCC[C@@H]1N1CC(O)CC1=O. The third-order valence-corrected chi connectivity index (χ3v) is 3.32. The molecule has 1 saturated carbocycles. The highest BCUT2D eigenvalue weighted by Gasteiger charge is 2.36. The van der Waals surface area contributed by atoms with Crippen molar-refractivity contribution in [2.45, 2.75) is 50.3 Å². The summed E-state index contributed by atoms with van der Waals surface area (Å²) in [4.78, 5) is 13.3. The number of amides is 1. The predicted octanol–water partition coefficient (Wildman–Crippen LogP) is -0.151. The molecular formula is C10H18N2O2. The van der Waals surface area contributed by atoms with Crippen LogP contribution in [-0.4, -0.2) is 40.6 Å². The molecule has 14 heavy (non-hydrogen) atoms. The summed E-state index contributed by atoms with van der Waals surface area (Å²) in [6, 6.07) is 0.284. The Morgan fingerprint density at radius 1 is 1.36 bits per heavy atom. The standard InChI is InChI=1S/C10H18N2O2/c11-8-3-1-2-4-9(8)12-6-7(13)5-10(12)14/h7-9,13H,1-6,11H2/t7?,8-,9-/m0/s1. The van der Waals surface area contributed by atoms with Gasteiger partial charge < -0.3 is 15.7 Å². The molecule has 0 spiro atoms. The molecule has 0 bridgehead atoms. The van der Waals surface area contributed by atoms with Crippen molar-refractivity contribution in [3.05, 3.63) is 0 Å². The number of aliphatic hydroxyl groups is 1. The Kier molecular flexibility index (Phi) is 2.74. The van der Waals surface area contributed by atoms with Gasteiger partial charge in [-0.2, -0.15) is 0 Å². The summed E-state index contributed by atoms with van der Waals surface area (Å²) in [6.45, 7) is 0.483. The number of aliphatic hydroxyl groups excluding tert-OH is 1. The maximum atomic E-state index is 11.5. The van der Waals surface area contributed by atoms with Crippen LogP contribution in [-0.2, 0) is 4.79 Å². The fourth-order valence-corrected chi connectivity index (χ4v) is 2.56. The largest absolute Gasteiger partial charge is 0.391 e. The highest BCUT2D eigenvalue weighted by molar-refractivity contribution is 5.79. The van der Waals surface area contributed by atoms with E-state index in [0.29, 0.717) is 6.54 Å². The summed E-state index contributed by atoms with van der Waals surface area (Å²) in [7, 11) is 0. The van der Waals surface area contributed by atoms with E-state index in [1.54, 1.807) is 4.90 Å². The van der Waals surface area contributed by atoms with Crippen molar-refractivity contribution in [1.29, 1.82) is 0 Å². The van der Waals surface area contributed by atoms with Crippen LogP contribution in [0.1, 0.15) is 32.1 Å². The minimum absolute atomic E-state index is 0.0693. The lowest BCUT2D eigenvalue weighted by atomic mass is 9.90. The number of nitrogens with zero attached hydrogens (tertiary/aromatic N) is 1. The van der Waals surface area contributed by atoms with Crippen LogP contribution in [0, 0.1) is 0 Å². The number of nitrogens with two attached hydrogens (primary N) is 1. The number of carbonyl (C=O) groups is 1. The number of rotatable bonds is 1. The van der Waals surface area contributed by atoms with Crippen LogP contribution >= 0.6 is 0 Å². The second-order valence-corrected chi connectivity index (χ2v) is 4.42. The molecule has 2 aliphatic rings. The fraction of sp³-hybridized carbons (Fsp3) is 0.900. The van der Waals surface area contributed by atoms with Gasteiger partial charge in [0.2, 0.25) is 5.91 Å². The van der Waals surface area contributed by atoms with Gasteiger partial charge in [0.05, 0.1) is 12.5 Å². The van der Waals surface area contributed by atoms with E-state index in [1.165, 1.54) is 6.42 Å². The van der Waals surface area contributed by atoms with Crippen LogP contribution in [0.3, 0.4) is 0 Å². The van der Waals surface area contributed by atoms with Gasteiger partial charge in [-0.25, -0.2) is 0 Å². The van der Waals surface area contributed by atoms with Crippen molar-refractivity contribution in [1.82, 2.24) is 4.90 Å². The molecule has 1 heterocycles. The highest BCUT2D eigenvalue weighted by Crippen LogP contribution is 2.25. The van der Waals surface area contributed by atoms with Gasteiger partial charge in [0.25, 0.3) is 0 Å². The molecule has 0 aromatic rings. The third kappa shape index (κ3) is 1.77. The van der Waals surface area contributed by atoms with Crippen molar-refractivity contribution < 1.29 is 9.90 Å². The minimum atomic E-state index is -0.475. The van der Waals surface area contributed by atoms with E-state index in [2.05, 4.69) is 0 Å². The van der Waals surface area contributed by atoms with E-state index < -0.39 is 6.10 Å². The first-order valence-electron chi connectivity index (χ1n) is 5.41. The molecular weight excluding hydrogens is 180 g/mol. The van der Waals surface area contributed by atoms with Gasteiger partial charge in [0, 0.05) is 18.6 Å². The van der Waals surface area contributed by atoms with Gasteiger partial charge in [-0.3, -0.25) is 4.79 Å². The molecule has 80 valence electrons. The Morgan fingerprint density at radius 3 is 2.64 bits per heavy atom. The Hall–Kier alpha value is -0.610. The molecule has 2 fully saturated rings. The van der Waals surface area contributed by atoms with Crippen molar-refractivity contribution in [3.63, 3.8) is 0 Å². The quantitative estimate of drug-likeness (QED) is 0.615. The van der Waals surface area contributed by atoms with Crippen LogP contribution < -0.4 is 5.73 Å². The zero-order chi connectivity index (χ0) is 10.1. The smallest absolute Gasteiger partial charge is 0.225 e. The Balaban J connectivity index is 2.02. The molecule has 1 amide bonds. The summed E-state index contributed by atoms with van der Waals surface area (Å²) < 4.78 is 0. The number of hydrogen-bond donors (Lipinski definition) is 2. The van der Waals surface area contributed by atoms with E-state index in [9.17, 15) is 9.90 Å². The highest BCUT2D eigenvalue weighted by atomic mass is 16.3. The minimum Gasteiger partial charge on any atom is -0.391 e. The molecule has 1 aliphatic heterocycles. The average molecular weight is 198 g/mol. The lowest BCUT2D eigenvalue weighted by molar-refractivity contribution is -0.130. The number of β-amino-alcohol motifs (C(OH)–C–C–N with tert-alkyl or cyclic N) is 1. The molecule has 4 nitrogen and oxygen atoms in total. The lowest BCUT2D eigenvalue weighted by Gasteiger charge is -2.35. The maximum absolute atomic E-state index is 11.5. The maximum Gasteiger partial charge on any atom is 0.225 e. The molecule has 3 N–H and O–H groups in total. The Bertz CT molecular complexity index is 232. The lowest BCUT2D eigenvalue weighted by Crippen LogP contribution is -2.50. The fourth-order valence-electron chi connectivity index (χ4n) is 2.56. The second-order valence-electron chi connectivity index (χ2n) is 4.42. The van der Waals surface area contributed by atoms with Crippen molar-refractivity contribution >= 4 is 5.91 Å². The van der Waals surface area contributed by atoms with Gasteiger partial charge in [-0.15, -0.1) is 0 Å². The zero-order valence-corrected chi connectivity index (χ0v) is 8.35. The third-order valence-electron chi connectivity index (χ3n) is 3.32. The van der Waals surface area contributed by atoms with Gasteiger partial charge in [-0.1, -0.05) is 12.8 Å². The van der Waals surface area contributed by atoms with Gasteiger partial charge >= 0.3 is 0 Å². The van der Waals surface area contributed by atoms with Crippen LogP contribution in [0.4, 0.5) is 0 Å². The van der Waals surface area contributed by atoms with Crippen molar-refractivity contribution in [2.75, 3.05) is 6.54 Å². The summed E-state index contributed by atoms with van der Waals surface area (Å²) in [6.07, 6.45) is 4.13. The molecule has 1 saturated heterocycles. The molecule has 3 atom stereocenters. The topological polar surface area (TPSA) is 66.6 Å². The Labute approximate surface area is 84.1 Å². The molecule has 1 aliphatic carbocycles. The Morgan fingerprint density at radius 2 is 2.07 bits per heavy atom. The van der Waals surface area contributed by atoms with Gasteiger partial charge in [0.15, 0.2) is 0 Å². The van der Waals surface area contributed by atoms with E-state index in [4.69, 9.17) is 5.73 Å². The average Bonchev–Trinajstić information content (AvgIpc) is 2.46. The summed E-state index contributed by atoms with van der Waals surface area (Å²) in [5.41, 5.74) is 5.99. The molecule has 0 aromatic carbocycles. The van der Waals surface area contributed by atoms with E-state index in [1.807, 2.05) is 0 Å². The van der Waals surface area contributed by atoms with E-state index >= 15 is 0 Å². The van der Waals surface area contributed by atoms with Crippen LogP contribution in [0.2, 0.25) is 0 Å². The molecule has 0 aromatic heterocycles. The van der Waals surface area contributed by atoms with E-state index in [0.717, 1.165) is 19.3 Å². The first kappa shape index (κ1) is 9.93. The second kappa shape index (κ2) is 3.87. The molecule has 2 rings (SSSR count). The molecule has 4 heteroatoms. The van der Waals surface area contributed by atoms with Crippen molar-refractivity contribution in [2.24, 2.45) is 5.73 Å². The first-order valence-corrected chi connectivity index (χ1v) is 5.41. The van der Waals surface area contributed by atoms with E-state index in [-0.39, 0.29) is 24.4 Å². The number of likely N-dealkylation sites (tertiary alicyclic amines) is 1. The van der Waals surface area contributed by atoms with Crippen LogP contribution in [0.5, 0.6) is 0 Å². The normalized spacial score (nSPS) is 39.1. The zero-order valence-electron chi connectivity index (χ0n) is 8.35. The number of carbonyl (C=O) groups excluding carboxylic acids is 1. The molecule has 0 radical (unpaired) electrons. The first-order chi connectivity index (χ1) is 6.68. The monoisotopic (exact) mass is 198 g/mol. The molecule has 1 unspecified atom stereocenters. The summed E-state index contributed by atoms with van der Waals surface area (Å²) in [5.74, 6) is 0.0693. The number of hydrogen-bond acceptors (Lipinski definition) is 3. The summed E-state index contributed by atoms with van der Waals surface area (Å²) >= 11 is 0. The summed E-state index contributed by atoms with van der Waals surface area (Å²) in [5, 5.41) is 9.38. The van der Waals surface area contributed by atoms with Crippen molar-refractivity contribution in [3.8, 4) is 0 Å². The van der Waals surface area contributed by atoms with Crippen LogP contribution in [0.25, 0.3) is 0 Å².